The minimum Gasteiger partial charge on any atom is -0.495 e. The molecule has 118 valence electrons. The summed E-state index contributed by atoms with van der Waals surface area (Å²) in [5, 5.41) is 0. The molecular formula is C14H22N2O4S. The number of nitrogen functional groups attached to an aromatic ring is 1. The Kier molecular flexibility index (Phi) is 5.08. The summed E-state index contributed by atoms with van der Waals surface area (Å²) in [7, 11) is -2.19. The van der Waals surface area contributed by atoms with Crippen LogP contribution in [0.25, 0.3) is 0 Å². The van der Waals surface area contributed by atoms with Crippen LogP contribution in [-0.2, 0) is 14.8 Å². The van der Waals surface area contributed by atoms with Crippen LogP contribution >= 0.6 is 0 Å². The molecule has 21 heavy (non-hydrogen) atoms. The van der Waals surface area contributed by atoms with Gasteiger partial charge >= 0.3 is 0 Å². The van der Waals surface area contributed by atoms with E-state index in [-0.39, 0.29) is 4.90 Å². The SMILES string of the molecule is COc1cc(C)c(N)cc1S(=O)(=O)NCC1CCOCC1. The molecule has 0 spiro atoms. The van der Waals surface area contributed by atoms with Gasteiger partial charge in [0.25, 0.3) is 0 Å². The third-order valence-corrected chi connectivity index (χ3v) is 5.19. The van der Waals surface area contributed by atoms with E-state index in [1.165, 1.54) is 13.2 Å². The fourth-order valence-corrected chi connectivity index (χ4v) is 3.60. The molecule has 0 aliphatic carbocycles. The number of nitrogens with one attached hydrogen (secondary N) is 1. The third kappa shape index (κ3) is 3.87. The summed E-state index contributed by atoms with van der Waals surface area (Å²) in [6.45, 7) is 3.59. The molecule has 0 saturated carbocycles. The monoisotopic (exact) mass is 314 g/mol. The van der Waals surface area contributed by atoms with Gasteiger partial charge in [0, 0.05) is 25.4 Å². The van der Waals surface area contributed by atoms with Crippen LogP contribution in [0.15, 0.2) is 17.0 Å². The Morgan fingerprint density at radius 1 is 1.38 bits per heavy atom. The minimum absolute atomic E-state index is 0.0835. The highest BCUT2D eigenvalue weighted by Gasteiger charge is 2.23. The first kappa shape index (κ1) is 16.1. The van der Waals surface area contributed by atoms with Crippen molar-refractivity contribution in [3.63, 3.8) is 0 Å². The molecule has 3 N–H and O–H groups in total. The predicted molar refractivity (Wildman–Crippen MR) is 80.9 cm³/mol. The van der Waals surface area contributed by atoms with E-state index in [2.05, 4.69) is 4.72 Å². The zero-order valence-corrected chi connectivity index (χ0v) is 13.2. The molecular weight excluding hydrogens is 292 g/mol. The van der Waals surface area contributed by atoms with Crippen molar-refractivity contribution in [3.05, 3.63) is 17.7 Å². The van der Waals surface area contributed by atoms with Gasteiger partial charge in [0.1, 0.15) is 10.6 Å². The fourth-order valence-electron chi connectivity index (χ4n) is 2.30. The van der Waals surface area contributed by atoms with E-state index in [0.717, 1.165) is 18.4 Å². The smallest absolute Gasteiger partial charge is 0.244 e. The summed E-state index contributed by atoms with van der Waals surface area (Å²) in [6, 6.07) is 3.08. The number of anilines is 1. The molecule has 1 fully saturated rings. The second-order valence-corrected chi connectivity index (χ2v) is 7.00. The lowest BCUT2D eigenvalue weighted by Crippen LogP contribution is -2.32. The van der Waals surface area contributed by atoms with Gasteiger partial charge < -0.3 is 15.2 Å². The summed E-state index contributed by atoms with van der Waals surface area (Å²) < 4.78 is 38.0. The van der Waals surface area contributed by atoms with Gasteiger partial charge in [0.05, 0.1) is 7.11 Å². The second kappa shape index (κ2) is 6.64. The van der Waals surface area contributed by atoms with Crippen LogP contribution in [-0.4, -0.2) is 35.3 Å². The summed E-state index contributed by atoms with van der Waals surface area (Å²) in [6.07, 6.45) is 1.74. The molecule has 0 radical (unpaired) electrons. The molecule has 0 aromatic heterocycles. The molecule has 0 bridgehead atoms. The maximum atomic E-state index is 12.4. The Labute approximate surface area is 125 Å². The van der Waals surface area contributed by atoms with Gasteiger partial charge in [-0.25, -0.2) is 13.1 Å². The first-order valence-electron chi connectivity index (χ1n) is 6.95. The molecule has 2 rings (SSSR count). The van der Waals surface area contributed by atoms with Crippen molar-refractivity contribution < 1.29 is 17.9 Å². The van der Waals surface area contributed by atoms with Crippen molar-refractivity contribution in [2.45, 2.75) is 24.7 Å². The molecule has 0 amide bonds. The van der Waals surface area contributed by atoms with Crippen molar-refractivity contribution >= 4 is 15.7 Å². The van der Waals surface area contributed by atoms with E-state index < -0.39 is 10.0 Å². The molecule has 6 nitrogen and oxygen atoms in total. The van der Waals surface area contributed by atoms with E-state index in [1.54, 1.807) is 6.07 Å². The van der Waals surface area contributed by atoms with Gasteiger partial charge in [-0.2, -0.15) is 0 Å². The topological polar surface area (TPSA) is 90.7 Å². The van der Waals surface area contributed by atoms with Gasteiger partial charge in [-0.1, -0.05) is 0 Å². The molecule has 1 aliphatic rings. The molecule has 0 unspecified atom stereocenters. The lowest BCUT2D eigenvalue weighted by molar-refractivity contribution is 0.0678. The average molecular weight is 314 g/mol. The maximum absolute atomic E-state index is 12.4. The maximum Gasteiger partial charge on any atom is 0.244 e. The Bertz CT molecular complexity index is 595. The van der Waals surface area contributed by atoms with Crippen molar-refractivity contribution in [1.29, 1.82) is 0 Å². The van der Waals surface area contributed by atoms with Crippen LogP contribution in [0.4, 0.5) is 5.69 Å². The largest absolute Gasteiger partial charge is 0.495 e. The van der Waals surface area contributed by atoms with E-state index in [9.17, 15) is 8.42 Å². The van der Waals surface area contributed by atoms with Crippen LogP contribution in [0.3, 0.4) is 0 Å². The standard InChI is InChI=1S/C14H22N2O4S/c1-10-7-13(19-2)14(8-12(10)15)21(17,18)16-9-11-3-5-20-6-4-11/h7-8,11,16H,3-6,9,15H2,1-2H3. The second-order valence-electron chi connectivity index (χ2n) is 5.27. The number of methoxy groups -OCH3 is 1. The average Bonchev–Trinajstić information content (AvgIpc) is 2.48. The molecule has 7 heteroatoms. The molecule has 0 atom stereocenters. The Hall–Kier alpha value is -1.31. The summed E-state index contributed by atoms with van der Waals surface area (Å²) in [5.41, 5.74) is 7.04. The van der Waals surface area contributed by atoms with E-state index in [4.69, 9.17) is 15.2 Å². The summed E-state index contributed by atoms with van der Waals surface area (Å²) >= 11 is 0. The van der Waals surface area contributed by atoms with Gasteiger partial charge in [0.2, 0.25) is 10.0 Å². The number of rotatable bonds is 5. The molecule has 1 saturated heterocycles. The van der Waals surface area contributed by atoms with E-state index in [0.29, 0.717) is 37.1 Å². The van der Waals surface area contributed by atoms with E-state index in [1.807, 2.05) is 6.92 Å². The first-order chi connectivity index (χ1) is 9.94. The Morgan fingerprint density at radius 3 is 2.67 bits per heavy atom. The van der Waals surface area contributed by atoms with Gasteiger partial charge in [-0.05, 0) is 43.4 Å². The van der Waals surface area contributed by atoms with Crippen molar-refractivity contribution in [1.82, 2.24) is 4.72 Å². The normalized spacial score (nSPS) is 16.9. The number of nitrogens with two attached hydrogens (primary N) is 1. The quantitative estimate of drug-likeness (QED) is 0.799. The van der Waals surface area contributed by atoms with Crippen LogP contribution in [0.1, 0.15) is 18.4 Å². The highest BCUT2D eigenvalue weighted by molar-refractivity contribution is 7.89. The zero-order valence-electron chi connectivity index (χ0n) is 12.4. The Balaban J connectivity index is 2.16. The van der Waals surface area contributed by atoms with Crippen LogP contribution in [0.2, 0.25) is 0 Å². The molecule has 1 aromatic carbocycles. The first-order valence-corrected chi connectivity index (χ1v) is 8.44. The van der Waals surface area contributed by atoms with Gasteiger partial charge in [0.15, 0.2) is 0 Å². The number of aryl methyl sites for hydroxylation is 1. The van der Waals surface area contributed by atoms with Gasteiger partial charge in [-0.3, -0.25) is 0 Å². The van der Waals surface area contributed by atoms with Gasteiger partial charge in [-0.15, -0.1) is 0 Å². The van der Waals surface area contributed by atoms with E-state index >= 15 is 0 Å². The lowest BCUT2D eigenvalue weighted by atomic mass is 10.0. The predicted octanol–water partition coefficient (Wildman–Crippen LogP) is 1.29. The third-order valence-electron chi connectivity index (χ3n) is 3.74. The van der Waals surface area contributed by atoms with Crippen molar-refractivity contribution in [2.75, 3.05) is 32.6 Å². The molecule has 1 aliphatic heterocycles. The Morgan fingerprint density at radius 2 is 2.05 bits per heavy atom. The van der Waals surface area contributed by atoms with Crippen molar-refractivity contribution in [3.8, 4) is 5.75 Å². The highest BCUT2D eigenvalue weighted by Crippen LogP contribution is 2.29. The fraction of sp³-hybridized carbons (Fsp3) is 0.571. The number of hydrogen-bond acceptors (Lipinski definition) is 5. The lowest BCUT2D eigenvalue weighted by Gasteiger charge is -2.22. The number of benzene rings is 1. The minimum atomic E-state index is -3.64. The summed E-state index contributed by atoms with van der Waals surface area (Å²) in [4.78, 5) is 0.0835. The highest BCUT2D eigenvalue weighted by atomic mass is 32.2. The number of hydrogen-bond donors (Lipinski definition) is 2. The molecule has 1 heterocycles. The zero-order chi connectivity index (χ0) is 15.5. The molecule has 1 aromatic rings. The van der Waals surface area contributed by atoms with Crippen LogP contribution in [0.5, 0.6) is 5.75 Å². The van der Waals surface area contributed by atoms with Crippen LogP contribution in [0, 0.1) is 12.8 Å². The number of ether oxygens (including phenoxy) is 2. The van der Waals surface area contributed by atoms with Crippen LogP contribution < -0.4 is 15.2 Å². The summed E-state index contributed by atoms with van der Waals surface area (Å²) in [5.74, 6) is 0.614. The van der Waals surface area contributed by atoms with Crippen molar-refractivity contribution in [2.24, 2.45) is 5.92 Å². The number of sulfonamides is 1.